The minimum Gasteiger partial charge on any atom is -0.483 e. The van der Waals surface area contributed by atoms with Crippen molar-refractivity contribution in [3.8, 4) is 5.75 Å². The first kappa shape index (κ1) is 16.2. The van der Waals surface area contributed by atoms with Crippen LogP contribution in [0.4, 0.5) is 0 Å². The first-order valence-corrected chi connectivity index (χ1v) is 6.68. The van der Waals surface area contributed by atoms with Crippen LogP contribution in [-0.4, -0.2) is 32.3 Å². The maximum absolute atomic E-state index is 11.6. The number of nitrogens with one attached hydrogen (secondary N) is 1. The summed E-state index contributed by atoms with van der Waals surface area (Å²) >= 11 is 0. The Balaban J connectivity index is 2.23. The van der Waals surface area contributed by atoms with Crippen molar-refractivity contribution in [1.29, 1.82) is 0 Å². The fraction of sp³-hybridized carbons (Fsp3) is 0.438. The number of carbonyl (C=O) groups excluding carboxylic acids is 1. The minimum absolute atomic E-state index is 0.0186. The smallest absolute Gasteiger partial charge is 0.258 e. The Morgan fingerprint density at radius 2 is 2.05 bits per heavy atom. The summed E-state index contributed by atoms with van der Waals surface area (Å²) in [6, 6.07) is 5.80. The number of amides is 1. The Bertz CT molecular complexity index is 469. The summed E-state index contributed by atoms with van der Waals surface area (Å²) in [5, 5.41) is 2.74. The average molecular weight is 277 g/mol. The number of ether oxygens (including phenoxy) is 2. The standard InChI is InChI=1S/C16H23NO3/c1-12(2)10-19-9-8-17-16(18)11-20-15-7-5-6-13(3)14(15)4/h5-7H,1,8-11H2,2-4H3,(H,17,18). The predicted octanol–water partition coefficient (Wildman–Crippen LogP) is 2.39. The lowest BCUT2D eigenvalue weighted by molar-refractivity contribution is -0.123. The monoisotopic (exact) mass is 277 g/mol. The normalized spacial score (nSPS) is 10.2. The summed E-state index contributed by atoms with van der Waals surface area (Å²) in [6.07, 6.45) is 0. The van der Waals surface area contributed by atoms with E-state index in [1.807, 2.05) is 39.0 Å². The molecule has 1 aromatic rings. The van der Waals surface area contributed by atoms with Crippen LogP contribution < -0.4 is 10.1 Å². The third-order valence-electron chi connectivity index (χ3n) is 2.83. The number of hydrogen-bond donors (Lipinski definition) is 1. The van der Waals surface area contributed by atoms with Gasteiger partial charge in [0.05, 0.1) is 13.2 Å². The Morgan fingerprint density at radius 3 is 2.75 bits per heavy atom. The van der Waals surface area contributed by atoms with Gasteiger partial charge in [-0.2, -0.15) is 0 Å². The maximum Gasteiger partial charge on any atom is 0.258 e. The molecule has 0 saturated carbocycles. The number of hydrogen-bond acceptors (Lipinski definition) is 3. The average Bonchev–Trinajstić information content (AvgIpc) is 2.39. The van der Waals surface area contributed by atoms with Gasteiger partial charge in [0.1, 0.15) is 5.75 Å². The van der Waals surface area contributed by atoms with Gasteiger partial charge in [-0.1, -0.05) is 24.3 Å². The van der Waals surface area contributed by atoms with E-state index in [4.69, 9.17) is 9.47 Å². The fourth-order valence-corrected chi connectivity index (χ4v) is 1.58. The van der Waals surface area contributed by atoms with Crippen molar-refractivity contribution in [2.75, 3.05) is 26.4 Å². The van der Waals surface area contributed by atoms with Gasteiger partial charge in [0.25, 0.3) is 5.91 Å². The molecule has 4 nitrogen and oxygen atoms in total. The van der Waals surface area contributed by atoms with E-state index in [-0.39, 0.29) is 12.5 Å². The third kappa shape index (κ3) is 5.89. The number of aryl methyl sites for hydroxylation is 1. The van der Waals surface area contributed by atoms with Crippen LogP contribution in [0.5, 0.6) is 5.75 Å². The molecule has 0 aliphatic carbocycles. The van der Waals surface area contributed by atoms with Gasteiger partial charge >= 0.3 is 0 Å². The van der Waals surface area contributed by atoms with Gasteiger partial charge in [-0.15, -0.1) is 0 Å². The highest BCUT2D eigenvalue weighted by atomic mass is 16.5. The lowest BCUT2D eigenvalue weighted by Gasteiger charge is -2.11. The van der Waals surface area contributed by atoms with Gasteiger partial charge < -0.3 is 14.8 Å². The highest BCUT2D eigenvalue weighted by Gasteiger charge is 2.05. The van der Waals surface area contributed by atoms with Gasteiger partial charge in [0.2, 0.25) is 0 Å². The van der Waals surface area contributed by atoms with Crippen LogP contribution >= 0.6 is 0 Å². The third-order valence-corrected chi connectivity index (χ3v) is 2.83. The molecule has 1 amide bonds. The topological polar surface area (TPSA) is 47.6 Å². The molecule has 0 saturated heterocycles. The number of carbonyl (C=O) groups is 1. The Hall–Kier alpha value is -1.81. The van der Waals surface area contributed by atoms with E-state index in [1.165, 1.54) is 0 Å². The molecule has 0 aliphatic heterocycles. The van der Waals surface area contributed by atoms with Crippen LogP contribution in [0, 0.1) is 13.8 Å². The van der Waals surface area contributed by atoms with Crippen molar-refractivity contribution in [3.63, 3.8) is 0 Å². The van der Waals surface area contributed by atoms with Crippen molar-refractivity contribution in [2.24, 2.45) is 0 Å². The van der Waals surface area contributed by atoms with E-state index in [0.717, 1.165) is 22.4 Å². The molecule has 20 heavy (non-hydrogen) atoms. The molecule has 0 unspecified atom stereocenters. The van der Waals surface area contributed by atoms with Crippen LogP contribution in [0.2, 0.25) is 0 Å². The summed E-state index contributed by atoms with van der Waals surface area (Å²) in [4.78, 5) is 11.6. The second-order valence-corrected chi connectivity index (χ2v) is 4.85. The minimum atomic E-state index is -0.148. The van der Waals surface area contributed by atoms with Crippen LogP contribution in [0.3, 0.4) is 0 Å². The fourth-order valence-electron chi connectivity index (χ4n) is 1.58. The van der Waals surface area contributed by atoms with E-state index in [1.54, 1.807) is 0 Å². The largest absolute Gasteiger partial charge is 0.483 e. The van der Waals surface area contributed by atoms with E-state index in [0.29, 0.717) is 19.8 Å². The van der Waals surface area contributed by atoms with Crippen molar-refractivity contribution in [2.45, 2.75) is 20.8 Å². The molecular weight excluding hydrogens is 254 g/mol. The summed E-state index contributed by atoms with van der Waals surface area (Å²) in [5.41, 5.74) is 3.18. The molecule has 0 fully saturated rings. The molecule has 0 aromatic heterocycles. The van der Waals surface area contributed by atoms with Crippen LogP contribution in [0.1, 0.15) is 18.1 Å². The molecule has 4 heteroatoms. The second kappa shape index (κ2) is 8.38. The first-order valence-electron chi connectivity index (χ1n) is 6.68. The zero-order valence-electron chi connectivity index (χ0n) is 12.5. The van der Waals surface area contributed by atoms with Gasteiger partial charge in [-0.25, -0.2) is 0 Å². The van der Waals surface area contributed by atoms with Crippen molar-refractivity contribution >= 4 is 5.91 Å². The SMILES string of the molecule is C=C(C)COCCNC(=O)COc1cccc(C)c1C. The predicted molar refractivity (Wildman–Crippen MR) is 80.1 cm³/mol. The molecule has 0 atom stereocenters. The lowest BCUT2D eigenvalue weighted by atomic mass is 10.1. The van der Waals surface area contributed by atoms with E-state index in [9.17, 15) is 4.79 Å². The maximum atomic E-state index is 11.6. The highest BCUT2D eigenvalue weighted by Crippen LogP contribution is 2.20. The molecule has 0 radical (unpaired) electrons. The van der Waals surface area contributed by atoms with Crippen LogP contribution in [0.25, 0.3) is 0 Å². The van der Waals surface area contributed by atoms with E-state index >= 15 is 0 Å². The highest BCUT2D eigenvalue weighted by molar-refractivity contribution is 5.77. The quantitative estimate of drug-likeness (QED) is 0.586. The van der Waals surface area contributed by atoms with Crippen LogP contribution in [0.15, 0.2) is 30.4 Å². The van der Waals surface area contributed by atoms with Crippen molar-refractivity contribution in [3.05, 3.63) is 41.5 Å². The van der Waals surface area contributed by atoms with Gasteiger partial charge in [0, 0.05) is 6.54 Å². The first-order chi connectivity index (χ1) is 9.50. The molecule has 0 heterocycles. The molecule has 0 aliphatic rings. The number of rotatable bonds is 8. The lowest BCUT2D eigenvalue weighted by Crippen LogP contribution is -2.31. The van der Waals surface area contributed by atoms with Crippen LogP contribution in [-0.2, 0) is 9.53 Å². The van der Waals surface area contributed by atoms with Gasteiger partial charge in [-0.05, 0) is 38.0 Å². The molecular formula is C16H23NO3. The molecule has 1 N–H and O–H groups in total. The molecule has 0 spiro atoms. The van der Waals surface area contributed by atoms with Gasteiger partial charge in [-0.3, -0.25) is 4.79 Å². The second-order valence-electron chi connectivity index (χ2n) is 4.85. The van der Waals surface area contributed by atoms with Crippen molar-refractivity contribution < 1.29 is 14.3 Å². The Morgan fingerprint density at radius 1 is 1.30 bits per heavy atom. The van der Waals surface area contributed by atoms with Crippen molar-refractivity contribution in [1.82, 2.24) is 5.32 Å². The molecule has 0 bridgehead atoms. The molecule has 1 rings (SSSR count). The van der Waals surface area contributed by atoms with Gasteiger partial charge in [0.15, 0.2) is 6.61 Å². The molecule has 1 aromatic carbocycles. The zero-order valence-corrected chi connectivity index (χ0v) is 12.5. The summed E-state index contributed by atoms with van der Waals surface area (Å²) < 4.78 is 10.8. The zero-order chi connectivity index (χ0) is 15.0. The summed E-state index contributed by atoms with van der Waals surface area (Å²) in [7, 11) is 0. The van der Waals surface area contributed by atoms with E-state index < -0.39 is 0 Å². The Kier molecular flexibility index (Phi) is 6.81. The summed E-state index contributed by atoms with van der Waals surface area (Å²) in [5.74, 6) is 0.600. The number of benzene rings is 1. The molecule has 110 valence electrons. The Labute approximate surface area is 120 Å². The summed E-state index contributed by atoms with van der Waals surface area (Å²) in [6.45, 7) is 11.1. The van der Waals surface area contributed by atoms with E-state index in [2.05, 4.69) is 11.9 Å².